The van der Waals surface area contributed by atoms with Crippen LogP contribution in [0.2, 0.25) is 0 Å². The van der Waals surface area contributed by atoms with E-state index in [1.54, 1.807) is 5.32 Å². The van der Waals surface area contributed by atoms with Crippen molar-refractivity contribution in [1.29, 1.82) is 0 Å². The molecule has 2 aromatic carbocycles. The molecule has 0 bridgehead atoms. The normalized spacial score (nSPS) is 12.5. The van der Waals surface area contributed by atoms with Crippen LogP contribution in [0.5, 0.6) is 0 Å². The molecule has 0 heterocycles. The Morgan fingerprint density at radius 1 is 0.974 bits per heavy atom. The van der Waals surface area contributed by atoms with Gasteiger partial charge in [-0.1, -0.05) is 36.9 Å². The van der Waals surface area contributed by atoms with Crippen LogP contribution in [0.15, 0.2) is 47.4 Å². The van der Waals surface area contributed by atoms with Crippen molar-refractivity contribution in [3.8, 4) is 0 Å². The molecule has 16 heteroatoms. The molecule has 1 unspecified atom stereocenters. The predicted octanol–water partition coefficient (Wildman–Crippen LogP) is 3.61. The quantitative estimate of drug-likeness (QED) is 0.0881. The Morgan fingerprint density at radius 3 is 1.97 bits per heavy atom. The third kappa shape index (κ3) is 6.74. The first kappa shape index (κ1) is 30.4. The van der Waals surface area contributed by atoms with Gasteiger partial charge in [-0.3, -0.25) is 9.59 Å². The summed E-state index contributed by atoms with van der Waals surface area (Å²) in [6, 6.07) is 5.25. The minimum absolute atomic E-state index is 0.0326. The average molecular weight is 571 g/mol. The van der Waals surface area contributed by atoms with Crippen LogP contribution in [0.4, 0.5) is 30.7 Å². The Labute approximate surface area is 210 Å². The van der Waals surface area contributed by atoms with Crippen LogP contribution in [0.3, 0.4) is 0 Å². The monoisotopic (exact) mass is 571 g/mol. The standard InChI is InChI=1S/C22H16F7NO7S/c1-10(2)21(33)36-9-8-30-20(32)12-13(23)15(25)18(16(26)14(12)24)38(34,35)37-19(22(27,28)29)17(31)11-6-4-3-5-7-11/h3-7,19H,1,8-9H2,2H3,(H,30,32). The molecule has 8 nitrogen and oxygen atoms in total. The molecule has 2 aromatic rings. The number of Topliss-reactive ketones (excluding diaryl/α,β-unsaturated/α-hetero) is 1. The zero-order valence-electron chi connectivity index (χ0n) is 19.0. The molecule has 0 aromatic heterocycles. The molecular weight excluding hydrogens is 555 g/mol. The number of hydrogen-bond acceptors (Lipinski definition) is 7. The number of hydrogen-bond donors (Lipinski definition) is 1. The highest BCUT2D eigenvalue weighted by Crippen LogP contribution is 2.33. The fourth-order valence-electron chi connectivity index (χ4n) is 2.73. The van der Waals surface area contributed by atoms with Gasteiger partial charge in [-0.25, -0.2) is 26.5 Å². The number of carbonyl (C=O) groups excluding carboxylic acids is 3. The molecule has 0 aliphatic rings. The van der Waals surface area contributed by atoms with Crippen LogP contribution in [0, 0.1) is 23.3 Å². The van der Waals surface area contributed by atoms with Crippen LogP contribution in [0.1, 0.15) is 27.6 Å². The van der Waals surface area contributed by atoms with Crippen molar-refractivity contribution in [3.63, 3.8) is 0 Å². The number of ketones is 1. The minimum Gasteiger partial charge on any atom is -0.460 e. The number of nitrogens with one attached hydrogen (secondary N) is 1. The first-order chi connectivity index (χ1) is 17.5. The third-order valence-electron chi connectivity index (χ3n) is 4.49. The highest BCUT2D eigenvalue weighted by molar-refractivity contribution is 7.86. The van der Waals surface area contributed by atoms with Crippen molar-refractivity contribution in [2.45, 2.75) is 24.1 Å². The third-order valence-corrected chi connectivity index (χ3v) is 5.79. The van der Waals surface area contributed by atoms with E-state index in [4.69, 9.17) is 0 Å². The molecule has 1 N–H and O–H groups in total. The van der Waals surface area contributed by atoms with E-state index in [1.807, 2.05) is 0 Å². The second-order valence-electron chi connectivity index (χ2n) is 7.33. The first-order valence-corrected chi connectivity index (χ1v) is 11.5. The maximum atomic E-state index is 14.5. The van der Waals surface area contributed by atoms with Gasteiger partial charge in [0.1, 0.15) is 12.2 Å². The fraction of sp³-hybridized carbons (Fsp3) is 0.227. The highest BCUT2D eigenvalue weighted by atomic mass is 32.2. The van der Waals surface area contributed by atoms with Gasteiger partial charge in [0.15, 0.2) is 28.2 Å². The van der Waals surface area contributed by atoms with Crippen molar-refractivity contribution in [1.82, 2.24) is 5.32 Å². The van der Waals surface area contributed by atoms with E-state index < -0.39 is 92.5 Å². The van der Waals surface area contributed by atoms with Gasteiger partial charge in [0.05, 0.1) is 6.54 Å². The van der Waals surface area contributed by atoms with Crippen molar-refractivity contribution in [3.05, 3.63) is 76.9 Å². The van der Waals surface area contributed by atoms with Gasteiger partial charge >= 0.3 is 22.3 Å². The van der Waals surface area contributed by atoms with Gasteiger partial charge < -0.3 is 10.1 Å². The largest absolute Gasteiger partial charge is 0.460 e. The second kappa shape index (κ2) is 11.7. The second-order valence-corrected chi connectivity index (χ2v) is 8.84. The zero-order chi connectivity index (χ0) is 29.0. The van der Waals surface area contributed by atoms with Gasteiger partial charge in [0.25, 0.3) is 5.91 Å². The van der Waals surface area contributed by atoms with E-state index in [-0.39, 0.29) is 5.57 Å². The lowest BCUT2D eigenvalue weighted by molar-refractivity contribution is -0.178. The topological polar surface area (TPSA) is 116 Å². The lowest BCUT2D eigenvalue weighted by Crippen LogP contribution is -2.41. The molecule has 0 aliphatic heterocycles. The molecule has 1 amide bonds. The lowest BCUT2D eigenvalue weighted by Gasteiger charge is -2.20. The Morgan fingerprint density at radius 2 is 1.50 bits per heavy atom. The predicted molar refractivity (Wildman–Crippen MR) is 113 cm³/mol. The van der Waals surface area contributed by atoms with Crippen LogP contribution < -0.4 is 5.32 Å². The molecule has 38 heavy (non-hydrogen) atoms. The van der Waals surface area contributed by atoms with Crippen molar-refractivity contribution in [2.75, 3.05) is 13.2 Å². The summed E-state index contributed by atoms with van der Waals surface area (Å²) in [6.45, 7) is 3.35. The number of amides is 1. The molecule has 0 fully saturated rings. The number of rotatable bonds is 10. The van der Waals surface area contributed by atoms with Crippen LogP contribution in [-0.4, -0.2) is 51.5 Å². The molecule has 0 saturated carbocycles. The molecule has 0 radical (unpaired) electrons. The maximum Gasteiger partial charge on any atom is 0.423 e. The van der Waals surface area contributed by atoms with E-state index in [9.17, 15) is 53.5 Å². The van der Waals surface area contributed by atoms with Crippen LogP contribution in [-0.2, 0) is 23.8 Å². The van der Waals surface area contributed by atoms with E-state index in [0.29, 0.717) is 0 Å². The smallest absolute Gasteiger partial charge is 0.423 e. The molecule has 0 spiro atoms. The first-order valence-electron chi connectivity index (χ1n) is 10.1. The summed E-state index contributed by atoms with van der Waals surface area (Å²) < 4.78 is 131. The lowest BCUT2D eigenvalue weighted by atomic mass is 10.1. The van der Waals surface area contributed by atoms with Gasteiger partial charge in [-0.15, -0.1) is 0 Å². The number of carbonyl (C=O) groups is 3. The molecule has 2 rings (SSSR count). The summed E-state index contributed by atoms with van der Waals surface area (Å²) in [5, 5.41) is 1.74. The van der Waals surface area contributed by atoms with E-state index in [1.165, 1.54) is 13.0 Å². The number of ether oxygens (including phenoxy) is 1. The van der Waals surface area contributed by atoms with Gasteiger partial charge in [-0.05, 0) is 6.92 Å². The van der Waals surface area contributed by atoms with Crippen LogP contribution >= 0.6 is 0 Å². The Bertz CT molecular complexity index is 1350. The van der Waals surface area contributed by atoms with Gasteiger partial charge in [0.2, 0.25) is 11.9 Å². The molecule has 0 saturated heterocycles. The molecular formula is C22H16F7NO7S. The average Bonchev–Trinajstić information content (AvgIpc) is 2.83. The maximum absolute atomic E-state index is 14.5. The van der Waals surface area contributed by atoms with Gasteiger partial charge in [0, 0.05) is 11.1 Å². The van der Waals surface area contributed by atoms with Crippen molar-refractivity contribution >= 4 is 27.8 Å². The zero-order valence-corrected chi connectivity index (χ0v) is 19.8. The Hall–Kier alpha value is -3.79. The molecule has 206 valence electrons. The minimum atomic E-state index is -6.35. The fourth-order valence-corrected chi connectivity index (χ4v) is 3.89. The number of benzene rings is 2. The molecule has 0 aliphatic carbocycles. The van der Waals surface area contributed by atoms with Crippen molar-refractivity contribution in [2.24, 2.45) is 0 Å². The Balaban J connectivity index is 2.41. The summed E-state index contributed by atoms with van der Waals surface area (Å²) in [5.74, 6) is -15.5. The number of esters is 1. The summed E-state index contributed by atoms with van der Waals surface area (Å²) in [4.78, 5) is 32.8. The summed E-state index contributed by atoms with van der Waals surface area (Å²) >= 11 is 0. The Kier molecular flexibility index (Phi) is 9.39. The van der Waals surface area contributed by atoms with Gasteiger partial charge in [-0.2, -0.15) is 21.6 Å². The number of alkyl halides is 3. The van der Waals surface area contributed by atoms with Crippen molar-refractivity contribution < 1.29 is 62.5 Å². The van der Waals surface area contributed by atoms with Crippen LogP contribution in [0.25, 0.3) is 0 Å². The summed E-state index contributed by atoms with van der Waals surface area (Å²) in [5.41, 5.74) is -2.71. The SMILES string of the molecule is C=C(C)C(=O)OCCNC(=O)c1c(F)c(F)c(S(=O)(=O)OC(C(=O)c2ccccc2)C(F)(F)F)c(F)c1F. The van der Waals surface area contributed by atoms with E-state index in [0.717, 1.165) is 24.3 Å². The molecule has 1 atom stereocenters. The van der Waals surface area contributed by atoms with E-state index in [2.05, 4.69) is 15.5 Å². The number of halogens is 7. The summed E-state index contributed by atoms with van der Waals surface area (Å²) in [6.07, 6.45) is -9.60. The summed E-state index contributed by atoms with van der Waals surface area (Å²) in [7, 11) is -6.35. The highest BCUT2D eigenvalue weighted by Gasteiger charge is 2.50. The van der Waals surface area contributed by atoms with E-state index >= 15 is 0 Å².